The summed E-state index contributed by atoms with van der Waals surface area (Å²) >= 11 is 1.06. The summed E-state index contributed by atoms with van der Waals surface area (Å²) in [4.78, 5) is 0. The van der Waals surface area contributed by atoms with Gasteiger partial charge in [-0.1, -0.05) is 0 Å². The van der Waals surface area contributed by atoms with Crippen LogP contribution < -0.4 is 0 Å². The van der Waals surface area contributed by atoms with Crippen molar-refractivity contribution >= 4 is 35.8 Å². The quantitative estimate of drug-likeness (QED) is 0.419. The molecule has 9 heavy (non-hydrogen) atoms. The summed E-state index contributed by atoms with van der Waals surface area (Å²) in [6.45, 7) is 2.57. The Morgan fingerprint density at radius 1 is 1.33 bits per heavy atom. The Balaban J connectivity index is -0.0000000646. The zero-order chi connectivity index (χ0) is 8.28. The average molecular weight is 237 g/mol. The molecular weight excluding hydrogens is 222 g/mol. The van der Waals surface area contributed by atoms with Gasteiger partial charge in [0.1, 0.15) is 0 Å². The Hall–Kier alpha value is 0.767. The predicted octanol–water partition coefficient (Wildman–Crippen LogP) is 0.263. The molecule has 0 bridgehead atoms. The van der Waals surface area contributed by atoms with Crippen LogP contribution in [0.2, 0.25) is 18.9 Å². The molecule has 60 valence electrons. The molecule has 0 N–H and O–H groups in total. The summed E-state index contributed by atoms with van der Waals surface area (Å²) in [6.07, 6.45) is 0. The number of rotatable bonds is 0. The van der Waals surface area contributed by atoms with Gasteiger partial charge in [0.05, 0.1) is 0 Å². The number of hydrogen-bond acceptors (Lipinski definition) is 0. The molecule has 0 unspecified atom stereocenters. The van der Waals surface area contributed by atoms with E-state index >= 15 is 0 Å². The second-order valence-corrected chi connectivity index (χ2v) is 2.36. The van der Waals surface area contributed by atoms with Gasteiger partial charge in [-0.3, -0.25) is 8.22 Å². The molecule has 0 atom stereocenters. The van der Waals surface area contributed by atoms with Gasteiger partial charge in [-0.2, -0.15) is 0 Å². The number of hydrogen-bond donors (Lipinski definition) is 0. The van der Waals surface area contributed by atoms with Crippen molar-refractivity contribution < 1.29 is 12.3 Å². The van der Waals surface area contributed by atoms with E-state index in [2.05, 4.69) is 5.76 Å². The molecule has 0 amide bonds. The second-order valence-electron chi connectivity index (χ2n) is 0.786. The Morgan fingerprint density at radius 3 is 1.33 bits per heavy atom. The zero-order valence-corrected chi connectivity index (χ0v) is 13.2. The minimum atomic E-state index is -3.14. The first kappa shape index (κ1) is 16.4. The molecule has 0 heterocycles. The zero-order valence-electron chi connectivity index (χ0n) is 6.42. The molecule has 0 aromatic heterocycles. The van der Waals surface area contributed by atoms with Gasteiger partial charge in [-0.05, 0) is 13.1 Å². The maximum atomic E-state index is 10.5. The van der Waals surface area contributed by atoms with Crippen molar-refractivity contribution in [2.45, 2.75) is 18.9 Å². The second kappa shape index (κ2) is 23.3. The van der Waals surface area contributed by atoms with Crippen LogP contribution in [0.4, 0.5) is 12.3 Å². The van der Waals surface area contributed by atoms with E-state index in [1.165, 1.54) is 0 Å². The van der Waals surface area contributed by atoms with Crippen molar-refractivity contribution in [2.24, 2.45) is 0 Å². The third-order valence-corrected chi connectivity index (χ3v) is 0. The number of halogens is 3. The maximum absolute atomic E-state index is 10.5. The van der Waals surface area contributed by atoms with Gasteiger partial charge < -0.3 is 4.11 Å². The van der Waals surface area contributed by atoms with Gasteiger partial charge in [-0.25, -0.2) is 0 Å². The van der Waals surface area contributed by atoms with E-state index in [0.717, 1.165) is 23.1 Å². The Bertz CT molecular complexity index is 28.3. The van der Waals surface area contributed by atoms with Crippen molar-refractivity contribution in [3.8, 4) is 0 Å². The molecule has 0 aliphatic carbocycles. The van der Waals surface area contributed by atoms with Crippen LogP contribution in [0.15, 0.2) is 0 Å². The first-order chi connectivity index (χ1) is 4.15. The van der Waals surface area contributed by atoms with Gasteiger partial charge >= 0.3 is 31.7 Å². The summed E-state index contributed by atoms with van der Waals surface area (Å²) < 4.78 is 31.4. The topological polar surface area (TPSA) is 0 Å². The van der Waals surface area contributed by atoms with Crippen molar-refractivity contribution in [1.29, 1.82) is 0 Å². The van der Waals surface area contributed by atoms with Gasteiger partial charge in [0.2, 0.25) is 9.85 Å². The van der Waals surface area contributed by atoms with E-state index in [-0.39, 0.29) is 0 Å². The molecule has 0 rings (SSSR count). The van der Waals surface area contributed by atoms with Crippen LogP contribution in [-0.4, -0.2) is 35.8 Å². The molecular formula is C3H15F3GeSi2. The molecule has 0 spiro atoms. The molecule has 0 nitrogen and oxygen atoms in total. The molecule has 0 radical (unpaired) electrons. The normalized spacial score (nSPS) is 8.33. The summed E-state index contributed by atoms with van der Waals surface area (Å²) in [5.41, 5.74) is 0. The van der Waals surface area contributed by atoms with Crippen molar-refractivity contribution in [3.05, 3.63) is 0 Å². The molecule has 0 aromatic carbocycles. The van der Waals surface area contributed by atoms with Crippen molar-refractivity contribution in [1.82, 2.24) is 0 Å². The molecule has 6 heteroatoms. The van der Waals surface area contributed by atoms with Crippen LogP contribution in [0.3, 0.4) is 0 Å². The molecule has 0 saturated heterocycles. The standard InChI is InChI=1S/CH4F2Si.CH5FSi.CH6Ge/c1-4(2)3;1-3-2;1-2/h4H,1H3;3H2,1H3;1-2H3. The fourth-order valence-electron chi connectivity index (χ4n) is 0. The van der Waals surface area contributed by atoms with Gasteiger partial charge in [-0.15, -0.1) is 0 Å². The van der Waals surface area contributed by atoms with Crippen molar-refractivity contribution in [2.75, 3.05) is 0 Å². The Kier molecular flexibility index (Phi) is 42.4. The molecule has 0 fully saturated rings. The summed E-state index contributed by atoms with van der Waals surface area (Å²) in [6, 6.07) is 0. The molecule has 0 aliphatic rings. The molecule has 0 aliphatic heterocycles. The Morgan fingerprint density at radius 2 is 1.33 bits per heavy atom. The van der Waals surface area contributed by atoms with Gasteiger partial charge in [0.25, 0.3) is 0 Å². The van der Waals surface area contributed by atoms with Crippen LogP contribution >= 0.6 is 0 Å². The first-order valence-electron chi connectivity index (χ1n) is 2.99. The third kappa shape index (κ3) is 683. The summed E-state index contributed by atoms with van der Waals surface area (Å²) in [5.74, 6) is 2.19. The van der Waals surface area contributed by atoms with E-state index in [4.69, 9.17) is 0 Å². The first-order valence-corrected chi connectivity index (χ1v) is 11.2. The van der Waals surface area contributed by atoms with E-state index in [0.29, 0.717) is 0 Å². The van der Waals surface area contributed by atoms with E-state index < -0.39 is 19.3 Å². The summed E-state index contributed by atoms with van der Waals surface area (Å²) in [7, 11) is -4.22. The Labute approximate surface area is 67.4 Å². The van der Waals surface area contributed by atoms with Crippen LogP contribution in [0, 0.1) is 0 Å². The van der Waals surface area contributed by atoms with Gasteiger partial charge in [0.15, 0.2) is 0 Å². The molecule has 0 saturated carbocycles. The van der Waals surface area contributed by atoms with Crippen LogP contribution in [0.25, 0.3) is 0 Å². The van der Waals surface area contributed by atoms with Crippen LogP contribution in [0.1, 0.15) is 0 Å². The van der Waals surface area contributed by atoms with Crippen molar-refractivity contribution in [3.63, 3.8) is 0 Å². The molecule has 0 aromatic rings. The third-order valence-electron chi connectivity index (χ3n) is 0. The SMILES string of the molecule is C[SiH2]F.C[SiH](F)F.[CH3][GeH3]. The monoisotopic (exact) mass is 238 g/mol. The average Bonchev–Trinajstić information content (AvgIpc) is 1.71. The van der Waals surface area contributed by atoms with Gasteiger partial charge in [0, 0.05) is 0 Å². The van der Waals surface area contributed by atoms with E-state index in [1.54, 1.807) is 6.55 Å². The fourth-order valence-corrected chi connectivity index (χ4v) is 0. The predicted molar refractivity (Wildman–Crippen MR) is 46.5 cm³/mol. The van der Waals surface area contributed by atoms with Crippen LogP contribution in [-0.2, 0) is 0 Å². The van der Waals surface area contributed by atoms with E-state index in [1.807, 2.05) is 0 Å². The van der Waals surface area contributed by atoms with E-state index in [9.17, 15) is 12.3 Å². The fraction of sp³-hybridized carbons (Fsp3) is 1.00. The summed E-state index contributed by atoms with van der Waals surface area (Å²) in [5, 5.41) is 0. The van der Waals surface area contributed by atoms with Crippen LogP contribution in [0.5, 0.6) is 0 Å². The minimum absolute atomic E-state index is 0.972.